The number of fused-ring (bicyclic) bond motifs is 1. The Morgan fingerprint density at radius 2 is 2.24 bits per heavy atom. The van der Waals surface area contributed by atoms with Gasteiger partial charge >= 0.3 is 5.97 Å². The van der Waals surface area contributed by atoms with Crippen molar-refractivity contribution in [1.82, 2.24) is 4.57 Å². The Bertz CT molecular complexity index is 547. The van der Waals surface area contributed by atoms with E-state index in [0.717, 1.165) is 17.3 Å². The molecule has 1 heterocycles. The molecule has 0 fully saturated rings. The van der Waals surface area contributed by atoms with Crippen LogP contribution in [-0.2, 0) is 4.79 Å². The number of carbonyl (C=O) groups is 1. The van der Waals surface area contributed by atoms with Gasteiger partial charge in [-0.05, 0) is 18.6 Å². The second kappa shape index (κ2) is 4.80. The van der Waals surface area contributed by atoms with Gasteiger partial charge in [0, 0.05) is 11.6 Å². The van der Waals surface area contributed by atoms with E-state index in [1.807, 2.05) is 25.1 Å². The molecule has 0 spiro atoms. The van der Waals surface area contributed by atoms with Gasteiger partial charge < -0.3 is 9.67 Å². The van der Waals surface area contributed by atoms with Crippen LogP contribution in [0.3, 0.4) is 0 Å². The van der Waals surface area contributed by atoms with Gasteiger partial charge in [0.15, 0.2) is 0 Å². The normalized spacial score (nSPS) is 12.8. The van der Waals surface area contributed by atoms with Crippen LogP contribution in [0.1, 0.15) is 25.8 Å². The maximum atomic E-state index is 11.3. The summed E-state index contributed by atoms with van der Waals surface area (Å²) in [5, 5.41) is 10.8. The molecule has 2 rings (SSSR count). The summed E-state index contributed by atoms with van der Waals surface area (Å²) in [5.74, 6) is -0.815. The van der Waals surface area contributed by atoms with E-state index in [2.05, 4.69) is 0 Å². The number of aromatic nitrogens is 1. The number of benzene rings is 1. The van der Waals surface area contributed by atoms with E-state index in [9.17, 15) is 9.90 Å². The molecule has 0 aliphatic rings. The third kappa shape index (κ3) is 2.15. The lowest BCUT2D eigenvalue weighted by Gasteiger charge is -2.15. The van der Waals surface area contributed by atoms with Crippen LogP contribution in [0.25, 0.3) is 10.9 Å². The van der Waals surface area contributed by atoms with Gasteiger partial charge in [-0.2, -0.15) is 0 Å². The van der Waals surface area contributed by atoms with Gasteiger partial charge in [-0.1, -0.05) is 37.1 Å². The number of nitrogens with zero attached hydrogens (tertiary/aromatic N) is 1. The molecule has 0 radical (unpaired) electrons. The van der Waals surface area contributed by atoms with Crippen LogP contribution in [-0.4, -0.2) is 15.6 Å². The summed E-state index contributed by atoms with van der Waals surface area (Å²) in [6, 6.07) is 6.93. The molecule has 1 aromatic heterocycles. The monoisotopic (exact) mass is 251 g/mol. The maximum absolute atomic E-state index is 11.3. The Balaban J connectivity index is 2.57. The second-order valence-corrected chi connectivity index (χ2v) is 4.45. The highest BCUT2D eigenvalue weighted by atomic mass is 35.5. The average molecular weight is 252 g/mol. The van der Waals surface area contributed by atoms with Gasteiger partial charge in [0.05, 0.1) is 10.5 Å². The molecule has 17 heavy (non-hydrogen) atoms. The Labute approximate surface area is 105 Å². The zero-order valence-corrected chi connectivity index (χ0v) is 10.3. The third-order valence-electron chi connectivity index (χ3n) is 2.87. The molecule has 1 aromatic carbocycles. The van der Waals surface area contributed by atoms with Crippen LogP contribution >= 0.6 is 11.6 Å². The number of aliphatic carboxylic acids is 1. The van der Waals surface area contributed by atoms with Crippen LogP contribution in [0.2, 0.25) is 5.02 Å². The number of hydrogen-bond donors (Lipinski definition) is 1. The minimum atomic E-state index is -0.815. The minimum absolute atomic E-state index is 0.544. The number of rotatable bonds is 4. The Kier molecular flexibility index (Phi) is 3.38. The van der Waals surface area contributed by atoms with Crippen LogP contribution < -0.4 is 0 Å². The zero-order chi connectivity index (χ0) is 12.4. The standard InChI is InChI=1S/C13H14ClNO2/c1-2-4-11(13(16)17)15-8-7-9-5-3-6-10(14)12(9)15/h3,5-8,11H,2,4H2,1H3,(H,16,17). The van der Waals surface area contributed by atoms with E-state index >= 15 is 0 Å². The summed E-state index contributed by atoms with van der Waals surface area (Å²) < 4.78 is 1.75. The van der Waals surface area contributed by atoms with Gasteiger partial charge in [0.1, 0.15) is 6.04 Å². The van der Waals surface area contributed by atoms with Crippen molar-refractivity contribution in [3.63, 3.8) is 0 Å². The van der Waals surface area contributed by atoms with E-state index in [1.165, 1.54) is 0 Å². The highest BCUT2D eigenvalue weighted by Gasteiger charge is 2.20. The van der Waals surface area contributed by atoms with Gasteiger partial charge in [0.2, 0.25) is 0 Å². The molecule has 4 heteroatoms. The predicted molar refractivity (Wildman–Crippen MR) is 68.5 cm³/mol. The van der Waals surface area contributed by atoms with E-state index in [1.54, 1.807) is 16.8 Å². The molecule has 1 atom stereocenters. The van der Waals surface area contributed by atoms with Crippen molar-refractivity contribution in [2.24, 2.45) is 0 Å². The Morgan fingerprint density at radius 3 is 2.88 bits per heavy atom. The number of halogens is 1. The molecule has 0 aliphatic heterocycles. The van der Waals surface area contributed by atoms with Gasteiger partial charge in [-0.25, -0.2) is 4.79 Å². The predicted octanol–water partition coefficient (Wildman–Crippen LogP) is 3.72. The summed E-state index contributed by atoms with van der Waals surface area (Å²) >= 11 is 6.14. The van der Waals surface area contributed by atoms with Crippen LogP contribution in [0.5, 0.6) is 0 Å². The first-order valence-corrected chi connectivity index (χ1v) is 6.00. The summed E-state index contributed by atoms with van der Waals surface area (Å²) in [6.07, 6.45) is 3.22. The lowest BCUT2D eigenvalue weighted by Crippen LogP contribution is -2.18. The van der Waals surface area contributed by atoms with Crippen LogP contribution in [0.4, 0.5) is 0 Å². The lowest BCUT2D eigenvalue weighted by molar-refractivity contribution is -0.141. The molecule has 3 nitrogen and oxygen atoms in total. The van der Waals surface area contributed by atoms with Gasteiger partial charge in [-0.15, -0.1) is 0 Å². The van der Waals surface area contributed by atoms with E-state index in [-0.39, 0.29) is 0 Å². The highest BCUT2D eigenvalue weighted by molar-refractivity contribution is 6.35. The summed E-state index contributed by atoms with van der Waals surface area (Å²) in [4.78, 5) is 11.3. The first-order chi connectivity index (χ1) is 8.15. The topological polar surface area (TPSA) is 42.2 Å². The maximum Gasteiger partial charge on any atom is 0.326 e. The molecule has 2 aromatic rings. The fraction of sp³-hybridized carbons (Fsp3) is 0.308. The van der Waals surface area contributed by atoms with Gasteiger partial charge in [0.25, 0.3) is 0 Å². The van der Waals surface area contributed by atoms with Crippen molar-refractivity contribution in [3.8, 4) is 0 Å². The molecule has 0 aliphatic carbocycles. The molecular weight excluding hydrogens is 238 g/mol. The van der Waals surface area contributed by atoms with Crippen molar-refractivity contribution >= 4 is 28.5 Å². The highest BCUT2D eigenvalue weighted by Crippen LogP contribution is 2.28. The van der Waals surface area contributed by atoms with Crippen molar-refractivity contribution in [3.05, 3.63) is 35.5 Å². The molecule has 0 saturated heterocycles. The van der Waals surface area contributed by atoms with Crippen LogP contribution in [0, 0.1) is 0 Å². The lowest BCUT2D eigenvalue weighted by atomic mass is 10.1. The quantitative estimate of drug-likeness (QED) is 0.900. The largest absolute Gasteiger partial charge is 0.480 e. The van der Waals surface area contributed by atoms with E-state index < -0.39 is 12.0 Å². The molecule has 0 amide bonds. The molecule has 90 valence electrons. The van der Waals surface area contributed by atoms with Crippen LogP contribution in [0.15, 0.2) is 30.5 Å². The van der Waals surface area contributed by atoms with Gasteiger partial charge in [-0.3, -0.25) is 0 Å². The molecule has 0 saturated carbocycles. The summed E-state index contributed by atoms with van der Waals surface area (Å²) in [7, 11) is 0. The second-order valence-electron chi connectivity index (χ2n) is 4.04. The summed E-state index contributed by atoms with van der Waals surface area (Å²) in [5.41, 5.74) is 0.801. The first kappa shape index (κ1) is 12.0. The number of para-hydroxylation sites is 1. The fourth-order valence-electron chi connectivity index (χ4n) is 2.09. The zero-order valence-electron chi connectivity index (χ0n) is 9.56. The minimum Gasteiger partial charge on any atom is -0.480 e. The summed E-state index contributed by atoms with van der Waals surface area (Å²) in [6.45, 7) is 1.98. The smallest absolute Gasteiger partial charge is 0.326 e. The number of hydrogen-bond acceptors (Lipinski definition) is 1. The Morgan fingerprint density at radius 1 is 1.47 bits per heavy atom. The van der Waals surface area contributed by atoms with Crippen molar-refractivity contribution < 1.29 is 9.90 Å². The molecule has 1 N–H and O–H groups in total. The van der Waals surface area contributed by atoms with E-state index in [0.29, 0.717) is 11.4 Å². The Hall–Kier alpha value is -1.48. The number of carboxylic acid groups (broad SMARTS) is 1. The van der Waals surface area contributed by atoms with Crippen molar-refractivity contribution in [1.29, 1.82) is 0 Å². The van der Waals surface area contributed by atoms with E-state index in [4.69, 9.17) is 11.6 Å². The molecular formula is C13H14ClNO2. The average Bonchev–Trinajstić information content (AvgIpc) is 2.70. The molecule has 0 bridgehead atoms. The van der Waals surface area contributed by atoms with Crippen molar-refractivity contribution in [2.45, 2.75) is 25.8 Å². The SMILES string of the molecule is CCCC(C(=O)O)n1ccc2cccc(Cl)c21. The fourth-order valence-corrected chi connectivity index (χ4v) is 2.37. The number of carboxylic acids is 1. The first-order valence-electron chi connectivity index (χ1n) is 5.63. The van der Waals surface area contributed by atoms with Crippen molar-refractivity contribution in [2.75, 3.05) is 0 Å². The third-order valence-corrected chi connectivity index (χ3v) is 3.18. The molecule has 1 unspecified atom stereocenters.